The molecule has 1 aromatic rings. The van der Waals surface area contributed by atoms with Gasteiger partial charge in [0.05, 0.1) is 5.75 Å². The maximum atomic E-state index is 11.2. The Kier molecular flexibility index (Phi) is 2.15. The van der Waals surface area contributed by atoms with Crippen molar-refractivity contribution in [1.82, 2.24) is 25.6 Å². The molecule has 2 rings (SSSR count). The number of H-pyrrole nitrogens is 1. The van der Waals surface area contributed by atoms with E-state index < -0.39 is 0 Å². The SMILES string of the molecule is O=C(CSc1ncn[nH]1)N1NC1=S. The molecule has 0 aliphatic carbocycles. The van der Waals surface area contributed by atoms with Crippen molar-refractivity contribution < 1.29 is 4.79 Å². The summed E-state index contributed by atoms with van der Waals surface area (Å²) in [4.78, 5) is 15.1. The Morgan fingerprint density at radius 3 is 3.08 bits per heavy atom. The van der Waals surface area contributed by atoms with E-state index in [4.69, 9.17) is 12.2 Å². The molecule has 1 fully saturated rings. The molecule has 0 radical (unpaired) electrons. The Balaban J connectivity index is 1.80. The lowest BCUT2D eigenvalue weighted by Gasteiger charge is -1.94. The summed E-state index contributed by atoms with van der Waals surface area (Å²) in [6, 6.07) is 0. The lowest BCUT2D eigenvalue weighted by molar-refractivity contribution is -0.122. The van der Waals surface area contributed by atoms with Crippen LogP contribution in [0, 0.1) is 0 Å². The minimum Gasteiger partial charge on any atom is -0.272 e. The second kappa shape index (κ2) is 3.30. The van der Waals surface area contributed by atoms with Gasteiger partial charge >= 0.3 is 0 Å². The molecule has 2 N–H and O–H groups in total. The third kappa shape index (κ3) is 1.95. The number of aromatic amines is 1. The summed E-state index contributed by atoms with van der Waals surface area (Å²) in [5.41, 5.74) is 2.62. The summed E-state index contributed by atoms with van der Waals surface area (Å²) < 4.78 is 0. The fourth-order valence-corrected chi connectivity index (χ4v) is 1.53. The van der Waals surface area contributed by atoms with Gasteiger partial charge in [0.15, 0.2) is 5.16 Å². The van der Waals surface area contributed by atoms with Crippen LogP contribution in [0.1, 0.15) is 0 Å². The molecule has 0 spiro atoms. The second-order valence-corrected chi connectivity index (χ2v) is 3.58. The third-order valence-electron chi connectivity index (χ3n) is 1.34. The highest BCUT2D eigenvalue weighted by Crippen LogP contribution is 2.13. The van der Waals surface area contributed by atoms with Crippen molar-refractivity contribution in [3.05, 3.63) is 6.33 Å². The topological polar surface area (TPSA) is 83.6 Å². The Hall–Kier alpha value is -1.15. The molecular formula is C5H5N5OS2. The number of nitrogens with one attached hydrogen (secondary N) is 2. The molecular weight excluding hydrogens is 210 g/mol. The van der Waals surface area contributed by atoms with Crippen molar-refractivity contribution in [2.24, 2.45) is 0 Å². The van der Waals surface area contributed by atoms with Crippen LogP contribution in [0.25, 0.3) is 0 Å². The van der Waals surface area contributed by atoms with Crippen LogP contribution in [-0.4, -0.2) is 37.0 Å². The van der Waals surface area contributed by atoms with Gasteiger partial charge in [-0.15, -0.1) is 0 Å². The van der Waals surface area contributed by atoms with Crippen molar-refractivity contribution in [3.8, 4) is 0 Å². The molecule has 0 atom stereocenters. The number of thioether (sulfide) groups is 1. The molecule has 1 aliphatic heterocycles. The first kappa shape index (κ1) is 8.45. The number of rotatable bonds is 3. The first-order chi connectivity index (χ1) is 6.27. The van der Waals surface area contributed by atoms with Crippen molar-refractivity contribution in [2.45, 2.75) is 5.16 Å². The van der Waals surface area contributed by atoms with E-state index in [1.54, 1.807) is 0 Å². The number of nitrogens with zero attached hydrogens (tertiary/aromatic N) is 3. The zero-order valence-corrected chi connectivity index (χ0v) is 7.98. The number of amides is 1. The van der Waals surface area contributed by atoms with E-state index in [9.17, 15) is 4.79 Å². The molecule has 68 valence electrons. The molecule has 1 aromatic heterocycles. The predicted octanol–water partition coefficient (Wildman–Crippen LogP) is -0.471. The third-order valence-corrected chi connectivity index (χ3v) is 2.47. The number of hydrogen-bond acceptors (Lipinski definition) is 5. The molecule has 1 saturated heterocycles. The van der Waals surface area contributed by atoms with Crippen LogP contribution in [0.2, 0.25) is 0 Å². The molecule has 1 aliphatic rings. The highest BCUT2D eigenvalue weighted by molar-refractivity contribution is 7.99. The van der Waals surface area contributed by atoms with Gasteiger partial charge in [-0.25, -0.2) is 4.98 Å². The van der Waals surface area contributed by atoms with Crippen LogP contribution in [0.5, 0.6) is 0 Å². The van der Waals surface area contributed by atoms with Gasteiger partial charge < -0.3 is 0 Å². The smallest absolute Gasteiger partial charge is 0.258 e. The molecule has 13 heavy (non-hydrogen) atoms. The molecule has 0 unspecified atom stereocenters. The highest BCUT2D eigenvalue weighted by atomic mass is 32.2. The number of hydrazine groups is 1. The van der Waals surface area contributed by atoms with Crippen LogP contribution >= 0.6 is 24.0 Å². The van der Waals surface area contributed by atoms with Crippen LogP contribution in [0.4, 0.5) is 0 Å². The molecule has 0 bridgehead atoms. The normalized spacial score (nSPS) is 14.2. The zero-order valence-electron chi connectivity index (χ0n) is 6.35. The number of thiocarbonyl (C=S) groups is 1. The quantitative estimate of drug-likeness (QED) is 0.403. The van der Waals surface area contributed by atoms with Crippen LogP contribution in [-0.2, 0) is 4.79 Å². The Labute approximate surface area is 83.1 Å². The van der Waals surface area contributed by atoms with E-state index in [1.807, 2.05) is 0 Å². The fourth-order valence-electron chi connectivity index (χ4n) is 0.705. The average molecular weight is 215 g/mol. The summed E-state index contributed by atoms with van der Waals surface area (Å²) in [6.07, 6.45) is 1.40. The lowest BCUT2D eigenvalue weighted by atomic mass is 10.7. The number of aromatic nitrogens is 3. The predicted molar refractivity (Wildman–Crippen MR) is 49.7 cm³/mol. The van der Waals surface area contributed by atoms with Crippen LogP contribution in [0.3, 0.4) is 0 Å². The highest BCUT2D eigenvalue weighted by Gasteiger charge is 2.31. The number of carbonyl (C=O) groups excluding carboxylic acids is 1. The first-order valence-corrected chi connectivity index (χ1v) is 4.78. The van der Waals surface area contributed by atoms with Gasteiger partial charge in [0.25, 0.3) is 5.91 Å². The van der Waals surface area contributed by atoms with Crippen LogP contribution in [0.15, 0.2) is 11.5 Å². The van der Waals surface area contributed by atoms with Gasteiger partial charge in [0, 0.05) is 0 Å². The van der Waals surface area contributed by atoms with Gasteiger partial charge in [-0.2, -0.15) is 10.1 Å². The molecule has 2 heterocycles. The van der Waals surface area contributed by atoms with Gasteiger partial charge in [-0.05, 0) is 12.2 Å². The number of carbonyl (C=O) groups is 1. The minimum atomic E-state index is -0.0774. The molecule has 8 heteroatoms. The van der Waals surface area contributed by atoms with E-state index in [2.05, 4.69) is 20.6 Å². The van der Waals surface area contributed by atoms with E-state index in [0.717, 1.165) is 0 Å². The standard InChI is InChI=1S/C5H5N5OS2/c11-3(10-5(12)9-10)1-13-4-6-2-7-8-4/h2H,1H2,(H,9,12)(H,6,7,8). The van der Waals surface area contributed by atoms with E-state index in [1.165, 1.54) is 23.1 Å². The largest absolute Gasteiger partial charge is 0.272 e. The van der Waals surface area contributed by atoms with Gasteiger partial charge in [0.2, 0.25) is 5.11 Å². The fraction of sp³-hybridized carbons (Fsp3) is 0.200. The molecule has 6 nitrogen and oxygen atoms in total. The summed E-state index contributed by atoms with van der Waals surface area (Å²) >= 11 is 5.99. The summed E-state index contributed by atoms with van der Waals surface area (Å²) in [7, 11) is 0. The summed E-state index contributed by atoms with van der Waals surface area (Å²) in [5, 5.41) is 8.71. The molecule has 1 amide bonds. The second-order valence-electron chi connectivity index (χ2n) is 2.23. The van der Waals surface area contributed by atoms with E-state index >= 15 is 0 Å². The Bertz CT molecular complexity index is 337. The van der Waals surface area contributed by atoms with Gasteiger partial charge in [-0.3, -0.25) is 15.3 Å². The number of hydrogen-bond donors (Lipinski definition) is 2. The van der Waals surface area contributed by atoms with Crippen molar-refractivity contribution >= 4 is 35.0 Å². The molecule has 0 saturated carbocycles. The van der Waals surface area contributed by atoms with Crippen molar-refractivity contribution in [1.29, 1.82) is 0 Å². The summed E-state index contributed by atoms with van der Waals surface area (Å²) in [6.45, 7) is 0. The molecule has 0 aromatic carbocycles. The Morgan fingerprint density at radius 1 is 1.77 bits per heavy atom. The van der Waals surface area contributed by atoms with Crippen molar-refractivity contribution in [2.75, 3.05) is 5.75 Å². The monoisotopic (exact) mass is 215 g/mol. The van der Waals surface area contributed by atoms with E-state index in [-0.39, 0.29) is 5.91 Å². The van der Waals surface area contributed by atoms with Gasteiger partial charge in [0.1, 0.15) is 6.33 Å². The van der Waals surface area contributed by atoms with Crippen LogP contribution < -0.4 is 5.43 Å². The van der Waals surface area contributed by atoms with Crippen molar-refractivity contribution in [3.63, 3.8) is 0 Å². The Morgan fingerprint density at radius 2 is 2.54 bits per heavy atom. The zero-order chi connectivity index (χ0) is 9.26. The van der Waals surface area contributed by atoms with E-state index in [0.29, 0.717) is 16.0 Å². The summed E-state index contributed by atoms with van der Waals surface area (Å²) in [5.74, 6) is 0.217. The maximum Gasteiger partial charge on any atom is 0.258 e. The van der Waals surface area contributed by atoms with Gasteiger partial charge in [-0.1, -0.05) is 11.8 Å². The lowest BCUT2D eigenvalue weighted by Crippen LogP contribution is -2.15. The first-order valence-electron chi connectivity index (χ1n) is 3.39. The average Bonchev–Trinajstić information content (AvgIpc) is 2.68. The maximum absolute atomic E-state index is 11.2. The minimum absolute atomic E-state index is 0.0774.